The number of esters is 1. The van der Waals surface area contributed by atoms with Gasteiger partial charge in [0, 0.05) is 19.3 Å². The maximum atomic E-state index is 12.7. The summed E-state index contributed by atoms with van der Waals surface area (Å²) in [5, 5.41) is 8.95. The average molecular weight is 427 g/mol. The molecule has 0 aromatic heterocycles. The predicted molar refractivity (Wildman–Crippen MR) is 121 cm³/mol. The van der Waals surface area contributed by atoms with Crippen molar-refractivity contribution in [3.63, 3.8) is 0 Å². The first-order valence-electron chi connectivity index (χ1n) is 11.3. The van der Waals surface area contributed by atoms with Crippen molar-refractivity contribution >= 4 is 17.7 Å². The Balaban J connectivity index is 5.60. The minimum atomic E-state index is -0.952. The fourth-order valence-electron chi connectivity index (χ4n) is 3.43. The van der Waals surface area contributed by atoms with E-state index >= 15 is 0 Å². The van der Waals surface area contributed by atoms with Gasteiger partial charge in [-0.05, 0) is 69.1 Å². The van der Waals surface area contributed by atoms with Crippen LogP contribution in [0.4, 0.5) is 0 Å². The first kappa shape index (κ1) is 28.6. The van der Waals surface area contributed by atoms with Crippen LogP contribution in [0.15, 0.2) is 0 Å². The highest BCUT2D eigenvalue weighted by molar-refractivity contribution is 5.83. The summed E-state index contributed by atoms with van der Waals surface area (Å²) in [6.45, 7) is 18.7. The van der Waals surface area contributed by atoms with Gasteiger partial charge >= 0.3 is 11.9 Å². The van der Waals surface area contributed by atoms with Crippen molar-refractivity contribution in [3.8, 4) is 0 Å². The van der Waals surface area contributed by atoms with Crippen molar-refractivity contribution in [2.75, 3.05) is 0 Å². The topological polar surface area (TPSA) is 80.7 Å². The molecule has 5 heteroatoms. The lowest BCUT2D eigenvalue weighted by Gasteiger charge is -2.38. The Kier molecular flexibility index (Phi) is 10.8. The minimum absolute atomic E-state index is 0.0237. The second-order valence-electron chi connectivity index (χ2n) is 12.3. The highest BCUT2D eigenvalue weighted by Crippen LogP contribution is 2.44. The van der Waals surface area contributed by atoms with E-state index in [9.17, 15) is 14.4 Å². The van der Waals surface area contributed by atoms with Crippen LogP contribution in [0.25, 0.3) is 0 Å². The van der Waals surface area contributed by atoms with E-state index in [0.717, 1.165) is 25.7 Å². The second kappa shape index (κ2) is 11.3. The molecule has 0 aliphatic rings. The molecule has 0 fully saturated rings. The molecule has 0 heterocycles. The highest BCUT2D eigenvalue weighted by atomic mass is 16.6. The van der Waals surface area contributed by atoms with Crippen LogP contribution in [0.1, 0.15) is 120 Å². The minimum Gasteiger partial charge on any atom is -0.481 e. The molecule has 5 nitrogen and oxygen atoms in total. The Morgan fingerprint density at radius 1 is 0.667 bits per heavy atom. The van der Waals surface area contributed by atoms with Crippen molar-refractivity contribution in [1.82, 2.24) is 0 Å². The Hall–Kier alpha value is -1.39. The van der Waals surface area contributed by atoms with E-state index in [4.69, 9.17) is 9.84 Å². The third-order valence-electron chi connectivity index (χ3n) is 5.28. The summed E-state index contributed by atoms with van der Waals surface area (Å²) in [7, 11) is 0. The van der Waals surface area contributed by atoms with E-state index < -0.39 is 11.6 Å². The number of rotatable bonds is 12. The molecule has 0 saturated heterocycles. The molecule has 0 aliphatic carbocycles. The molecule has 0 rings (SSSR count). The Morgan fingerprint density at radius 2 is 1.13 bits per heavy atom. The molecule has 0 aromatic rings. The second-order valence-corrected chi connectivity index (χ2v) is 12.3. The number of aliphatic carboxylic acids is 1. The summed E-state index contributed by atoms with van der Waals surface area (Å²) in [6.07, 6.45) is 4.67. The SMILES string of the molecule is CC(C)(C)CCC(CCC(=O)OC(C)(C)C)(CCC(C)(C)C)CC(=O)CCC(=O)O. The molecule has 0 spiro atoms. The summed E-state index contributed by atoms with van der Waals surface area (Å²) in [6, 6.07) is 0. The first-order valence-corrected chi connectivity index (χ1v) is 11.3. The van der Waals surface area contributed by atoms with Crippen molar-refractivity contribution in [3.05, 3.63) is 0 Å². The van der Waals surface area contributed by atoms with Crippen LogP contribution in [-0.4, -0.2) is 28.4 Å². The van der Waals surface area contributed by atoms with Gasteiger partial charge < -0.3 is 9.84 Å². The van der Waals surface area contributed by atoms with Crippen molar-refractivity contribution in [2.24, 2.45) is 16.2 Å². The Morgan fingerprint density at radius 3 is 1.50 bits per heavy atom. The van der Waals surface area contributed by atoms with E-state index in [1.54, 1.807) is 0 Å². The molecule has 0 atom stereocenters. The number of carboxylic acids is 1. The maximum absolute atomic E-state index is 12.7. The van der Waals surface area contributed by atoms with E-state index in [1.165, 1.54) is 0 Å². The van der Waals surface area contributed by atoms with Crippen LogP contribution in [-0.2, 0) is 19.1 Å². The van der Waals surface area contributed by atoms with Gasteiger partial charge in [0.1, 0.15) is 11.4 Å². The zero-order valence-electron chi connectivity index (χ0n) is 20.9. The van der Waals surface area contributed by atoms with Gasteiger partial charge in [-0.15, -0.1) is 0 Å². The molecule has 0 aromatic carbocycles. The van der Waals surface area contributed by atoms with Gasteiger partial charge in [0.05, 0.1) is 6.42 Å². The van der Waals surface area contributed by atoms with Crippen LogP contribution >= 0.6 is 0 Å². The van der Waals surface area contributed by atoms with Crippen molar-refractivity contribution in [1.29, 1.82) is 0 Å². The van der Waals surface area contributed by atoms with Gasteiger partial charge in [-0.1, -0.05) is 41.5 Å². The molecule has 176 valence electrons. The Bertz CT molecular complexity index is 552. The molecule has 0 bridgehead atoms. The monoisotopic (exact) mass is 426 g/mol. The fourth-order valence-corrected chi connectivity index (χ4v) is 3.43. The van der Waals surface area contributed by atoms with Gasteiger partial charge in [-0.2, -0.15) is 0 Å². The summed E-state index contributed by atoms with van der Waals surface area (Å²) < 4.78 is 5.51. The normalized spacial score (nSPS) is 13.2. The van der Waals surface area contributed by atoms with Crippen LogP contribution < -0.4 is 0 Å². The molecule has 0 saturated carbocycles. The predicted octanol–water partition coefficient (Wildman–Crippen LogP) is 6.57. The standard InChI is InChI=1S/C25H46O5/c1-22(2,3)14-16-25(17-15-23(4,5)6,18-19(26)10-11-20(27)28)13-12-21(29)30-24(7,8)9/h10-18H2,1-9H3,(H,27,28). The molecule has 30 heavy (non-hydrogen) atoms. The van der Waals surface area contributed by atoms with Gasteiger partial charge in [0.25, 0.3) is 0 Å². The van der Waals surface area contributed by atoms with Crippen LogP contribution in [0.2, 0.25) is 0 Å². The summed E-state index contributed by atoms with van der Waals surface area (Å²) in [5.74, 6) is -1.21. The third-order valence-corrected chi connectivity index (χ3v) is 5.28. The average Bonchev–Trinajstić information content (AvgIpc) is 2.51. The molecule has 0 amide bonds. The van der Waals surface area contributed by atoms with Crippen LogP contribution in [0.5, 0.6) is 0 Å². The quantitative estimate of drug-likeness (QED) is 0.357. The van der Waals surface area contributed by atoms with Crippen LogP contribution in [0, 0.1) is 16.2 Å². The lowest BCUT2D eigenvalue weighted by Crippen LogP contribution is -2.31. The van der Waals surface area contributed by atoms with E-state index in [-0.39, 0.29) is 47.3 Å². The third kappa shape index (κ3) is 15.4. The maximum Gasteiger partial charge on any atom is 0.306 e. The van der Waals surface area contributed by atoms with Gasteiger partial charge in [-0.25, -0.2) is 0 Å². The van der Waals surface area contributed by atoms with Crippen molar-refractivity contribution < 1.29 is 24.2 Å². The smallest absolute Gasteiger partial charge is 0.306 e. The Labute approximate surface area is 184 Å². The number of hydrogen-bond acceptors (Lipinski definition) is 4. The largest absolute Gasteiger partial charge is 0.481 e. The molecular weight excluding hydrogens is 380 g/mol. The molecule has 0 aliphatic heterocycles. The summed E-state index contributed by atoms with van der Waals surface area (Å²) in [4.78, 5) is 36.0. The summed E-state index contributed by atoms with van der Waals surface area (Å²) in [5.41, 5.74) is -0.618. The molecule has 0 unspecified atom stereocenters. The van der Waals surface area contributed by atoms with Crippen LogP contribution in [0.3, 0.4) is 0 Å². The van der Waals surface area contributed by atoms with E-state index in [2.05, 4.69) is 41.5 Å². The van der Waals surface area contributed by atoms with Gasteiger partial charge in [0.15, 0.2) is 0 Å². The summed E-state index contributed by atoms with van der Waals surface area (Å²) >= 11 is 0. The number of ether oxygens (including phenoxy) is 1. The zero-order valence-corrected chi connectivity index (χ0v) is 20.9. The number of hydrogen-bond donors (Lipinski definition) is 1. The van der Waals surface area contributed by atoms with E-state index in [1.807, 2.05) is 20.8 Å². The lowest BCUT2D eigenvalue weighted by molar-refractivity contribution is -0.156. The fraction of sp³-hybridized carbons (Fsp3) is 0.880. The zero-order chi connectivity index (χ0) is 23.8. The molecular formula is C25H46O5. The van der Waals surface area contributed by atoms with Crippen molar-refractivity contribution in [2.45, 2.75) is 126 Å². The lowest BCUT2D eigenvalue weighted by atomic mass is 9.67. The number of Topliss-reactive ketones (excluding diaryl/α,β-unsaturated/α-hetero) is 1. The van der Waals surface area contributed by atoms with Gasteiger partial charge in [0.2, 0.25) is 0 Å². The molecule has 0 radical (unpaired) electrons. The number of carboxylic acid groups (broad SMARTS) is 1. The first-order chi connectivity index (χ1) is 13.3. The number of carbonyl (C=O) groups is 3. The number of carbonyl (C=O) groups excluding carboxylic acids is 2. The highest BCUT2D eigenvalue weighted by Gasteiger charge is 2.35. The number of ketones is 1. The molecule has 1 N–H and O–H groups in total. The van der Waals surface area contributed by atoms with E-state index in [0.29, 0.717) is 12.8 Å². The van der Waals surface area contributed by atoms with Gasteiger partial charge in [-0.3, -0.25) is 14.4 Å².